The summed E-state index contributed by atoms with van der Waals surface area (Å²) in [5.74, 6) is 0.649. The number of hydrogen-bond donors (Lipinski definition) is 1. The molecule has 1 amide bonds. The van der Waals surface area contributed by atoms with E-state index in [4.69, 9.17) is 9.47 Å². The maximum Gasteiger partial charge on any atom is 0.251 e. The van der Waals surface area contributed by atoms with Crippen molar-refractivity contribution in [3.63, 3.8) is 0 Å². The first-order valence-corrected chi connectivity index (χ1v) is 8.09. The van der Waals surface area contributed by atoms with Crippen LogP contribution < -0.4 is 10.1 Å². The average Bonchev–Trinajstić information content (AvgIpc) is 2.59. The normalized spacial score (nSPS) is 11.2. The van der Waals surface area contributed by atoms with Crippen molar-refractivity contribution in [3.8, 4) is 5.75 Å². The van der Waals surface area contributed by atoms with Gasteiger partial charge in [-0.25, -0.2) is 0 Å². The van der Waals surface area contributed by atoms with Crippen LogP contribution in [0.1, 0.15) is 36.5 Å². The number of methoxy groups -OCH3 is 1. The Labute approximate surface area is 139 Å². The zero-order valence-electron chi connectivity index (χ0n) is 14.1. The van der Waals surface area contributed by atoms with Gasteiger partial charge in [0.1, 0.15) is 5.75 Å². The van der Waals surface area contributed by atoms with Crippen LogP contribution in [0, 0.1) is 0 Å². The number of unbranched alkanes of at least 4 members (excludes halogenated alkanes) is 1. The Bertz CT molecular complexity index is 492. The van der Waals surface area contributed by atoms with Crippen molar-refractivity contribution in [1.82, 2.24) is 5.32 Å². The molecular formula is C19H27NO3. The molecule has 1 N–H and O–H groups in total. The third-order valence-corrected chi connectivity index (χ3v) is 3.19. The Morgan fingerprint density at radius 2 is 1.87 bits per heavy atom. The van der Waals surface area contributed by atoms with Gasteiger partial charge in [0.05, 0.1) is 13.7 Å². The highest BCUT2D eigenvalue weighted by Gasteiger charge is 2.03. The predicted molar refractivity (Wildman–Crippen MR) is 94.0 cm³/mol. The van der Waals surface area contributed by atoms with Gasteiger partial charge in [0, 0.05) is 18.7 Å². The SMILES string of the molecule is CCCCOCC/C=C/C=C/CNC(=O)c1ccc(OC)cc1. The second-order valence-corrected chi connectivity index (χ2v) is 5.05. The van der Waals surface area contributed by atoms with Crippen molar-refractivity contribution < 1.29 is 14.3 Å². The summed E-state index contributed by atoms with van der Waals surface area (Å²) >= 11 is 0. The zero-order valence-corrected chi connectivity index (χ0v) is 14.1. The molecule has 0 aliphatic rings. The number of hydrogen-bond acceptors (Lipinski definition) is 3. The molecule has 4 heteroatoms. The minimum atomic E-state index is -0.0920. The minimum absolute atomic E-state index is 0.0920. The largest absolute Gasteiger partial charge is 0.497 e. The van der Waals surface area contributed by atoms with Gasteiger partial charge >= 0.3 is 0 Å². The Hall–Kier alpha value is -2.07. The molecule has 0 unspecified atom stereocenters. The van der Waals surface area contributed by atoms with Crippen LogP contribution in [0.2, 0.25) is 0 Å². The van der Waals surface area contributed by atoms with E-state index in [1.807, 2.05) is 18.2 Å². The van der Waals surface area contributed by atoms with E-state index in [1.165, 1.54) is 6.42 Å². The van der Waals surface area contributed by atoms with E-state index >= 15 is 0 Å². The fourth-order valence-corrected chi connectivity index (χ4v) is 1.82. The van der Waals surface area contributed by atoms with Crippen molar-refractivity contribution >= 4 is 5.91 Å². The second kappa shape index (κ2) is 12.5. The van der Waals surface area contributed by atoms with Crippen molar-refractivity contribution in [1.29, 1.82) is 0 Å². The Morgan fingerprint density at radius 3 is 2.57 bits per heavy atom. The summed E-state index contributed by atoms with van der Waals surface area (Å²) in [5, 5.41) is 2.84. The summed E-state index contributed by atoms with van der Waals surface area (Å²) in [5.41, 5.74) is 0.624. The fraction of sp³-hybridized carbons (Fsp3) is 0.421. The van der Waals surface area contributed by atoms with Gasteiger partial charge in [-0.3, -0.25) is 4.79 Å². The smallest absolute Gasteiger partial charge is 0.251 e. The van der Waals surface area contributed by atoms with E-state index in [9.17, 15) is 4.79 Å². The Balaban J connectivity index is 2.13. The zero-order chi connectivity index (χ0) is 16.8. The van der Waals surface area contributed by atoms with E-state index in [0.29, 0.717) is 12.1 Å². The lowest BCUT2D eigenvalue weighted by molar-refractivity contribution is 0.0958. The molecule has 0 fully saturated rings. The van der Waals surface area contributed by atoms with Crippen LogP contribution in [0.15, 0.2) is 48.6 Å². The molecule has 1 aromatic rings. The number of rotatable bonds is 11. The molecule has 0 saturated carbocycles. The Morgan fingerprint density at radius 1 is 1.13 bits per heavy atom. The molecule has 4 nitrogen and oxygen atoms in total. The maximum atomic E-state index is 11.9. The quantitative estimate of drug-likeness (QED) is 0.499. The maximum absolute atomic E-state index is 11.9. The molecule has 0 aliphatic carbocycles. The third-order valence-electron chi connectivity index (χ3n) is 3.19. The van der Waals surface area contributed by atoms with Gasteiger partial charge in [0.2, 0.25) is 0 Å². The van der Waals surface area contributed by atoms with Gasteiger partial charge in [0.15, 0.2) is 0 Å². The lowest BCUT2D eigenvalue weighted by Crippen LogP contribution is -2.23. The molecule has 23 heavy (non-hydrogen) atoms. The lowest BCUT2D eigenvalue weighted by atomic mass is 10.2. The molecule has 0 radical (unpaired) electrons. The summed E-state index contributed by atoms with van der Waals surface area (Å²) in [6, 6.07) is 7.04. The summed E-state index contributed by atoms with van der Waals surface area (Å²) in [4.78, 5) is 11.9. The van der Waals surface area contributed by atoms with Gasteiger partial charge in [-0.15, -0.1) is 0 Å². The standard InChI is InChI=1S/C19H27NO3/c1-3-4-15-23-16-9-7-5-6-8-14-20-19(21)17-10-12-18(22-2)13-11-17/h5-8,10-13H,3-4,9,14-16H2,1-2H3,(H,20,21)/b7-5+,8-6+. The van der Waals surface area contributed by atoms with Crippen LogP contribution in [0.3, 0.4) is 0 Å². The van der Waals surface area contributed by atoms with Gasteiger partial charge in [-0.1, -0.05) is 37.6 Å². The number of nitrogens with one attached hydrogen (secondary N) is 1. The number of ether oxygens (including phenoxy) is 2. The minimum Gasteiger partial charge on any atom is -0.497 e. The molecular weight excluding hydrogens is 290 g/mol. The Kier molecular flexibility index (Phi) is 10.3. The fourth-order valence-electron chi connectivity index (χ4n) is 1.82. The number of carbonyl (C=O) groups excluding carboxylic acids is 1. The molecule has 0 aromatic heterocycles. The average molecular weight is 317 g/mol. The van der Waals surface area contributed by atoms with E-state index < -0.39 is 0 Å². The molecule has 1 aromatic carbocycles. The van der Waals surface area contributed by atoms with E-state index in [-0.39, 0.29) is 5.91 Å². The first kappa shape index (κ1) is 19.0. The highest BCUT2D eigenvalue weighted by atomic mass is 16.5. The van der Waals surface area contributed by atoms with E-state index in [0.717, 1.165) is 31.8 Å². The summed E-state index contributed by atoms with van der Waals surface area (Å²) in [7, 11) is 1.60. The molecule has 0 bridgehead atoms. The van der Waals surface area contributed by atoms with Crippen molar-refractivity contribution in [2.24, 2.45) is 0 Å². The summed E-state index contributed by atoms with van der Waals surface area (Å²) in [6.07, 6.45) is 11.1. The van der Waals surface area contributed by atoms with Crippen molar-refractivity contribution in [2.75, 3.05) is 26.9 Å². The van der Waals surface area contributed by atoms with Crippen LogP contribution in [0.25, 0.3) is 0 Å². The molecule has 0 saturated heterocycles. The molecule has 126 valence electrons. The first-order valence-electron chi connectivity index (χ1n) is 8.09. The number of carbonyl (C=O) groups is 1. The van der Waals surface area contributed by atoms with Gasteiger partial charge in [-0.05, 0) is 37.1 Å². The van der Waals surface area contributed by atoms with Crippen LogP contribution in [0.4, 0.5) is 0 Å². The molecule has 0 spiro atoms. The van der Waals surface area contributed by atoms with Crippen molar-refractivity contribution in [2.45, 2.75) is 26.2 Å². The lowest BCUT2D eigenvalue weighted by Gasteiger charge is -2.03. The monoisotopic (exact) mass is 317 g/mol. The van der Waals surface area contributed by atoms with Gasteiger partial charge in [-0.2, -0.15) is 0 Å². The topological polar surface area (TPSA) is 47.6 Å². The van der Waals surface area contributed by atoms with E-state index in [2.05, 4.69) is 18.3 Å². The molecule has 1 rings (SSSR count). The number of benzene rings is 1. The van der Waals surface area contributed by atoms with Crippen LogP contribution >= 0.6 is 0 Å². The van der Waals surface area contributed by atoms with Crippen LogP contribution in [-0.4, -0.2) is 32.8 Å². The molecule has 0 aliphatic heterocycles. The van der Waals surface area contributed by atoms with Crippen LogP contribution in [-0.2, 0) is 4.74 Å². The number of amides is 1. The van der Waals surface area contributed by atoms with Gasteiger partial charge in [0.25, 0.3) is 5.91 Å². The number of allylic oxidation sites excluding steroid dienone is 2. The molecule has 0 heterocycles. The third kappa shape index (κ3) is 8.83. The highest BCUT2D eigenvalue weighted by Crippen LogP contribution is 2.10. The molecule has 0 atom stereocenters. The van der Waals surface area contributed by atoms with Gasteiger partial charge < -0.3 is 14.8 Å². The van der Waals surface area contributed by atoms with E-state index in [1.54, 1.807) is 31.4 Å². The first-order chi connectivity index (χ1) is 11.3. The summed E-state index contributed by atoms with van der Waals surface area (Å²) < 4.78 is 10.5. The predicted octanol–water partition coefficient (Wildman–Crippen LogP) is 3.74. The second-order valence-electron chi connectivity index (χ2n) is 5.05. The van der Waals surface area contributed by atoms with Crippen LogP contribution in [0.5, 0.6) is 5.75 Å². The summed E-state index contributed by atoms with van der Waals surface area (Å²) in [6.45, 7) is 4.26. The van der Waals surface area contributed by atoms with Crippen molar-refractivity contribution in [3.05, 3.63) is 54.1 Å². The highest BCUT2D eigenvalue weighted by molar-refractivity contribution is 5.94.